The monoisotopic (exact) mass is 192 g/mol. The van der Waals surface area contributed by atoms with Crippen LogP contribution in [0.5, 0.6) is 0 Å². The molecule has 4 heteroatoms. The van der Waals surface area contributed by atoms with Gasteiger partial charge < -0.3 is 19.7 Å². The van der Waals surface area contributed by atoms with Crippen molar-refractivity contribution in [1.29, 1.82) is 0 Å². The van der Waals surface area contributed by atoms with Crippen molar-refractivity contribution < 1.29 is 19.7 Å². The van der Waals surface area contributed by atoms with Crippen LogP contribution in [0.3, 0.4) is 0 Å². The Morgan fingerprint density at radius 1 is 1.31 bits per heavy atom. The van der Waals surface area contributed by atoms with Gasteiger partial charge in [-0.05, 0) is 26.2 Å². The topological polar surface area (TPSA) is 58.9 Å². The van der Waals surface area contributed by atoms with Gasteiger partial charge in [0.15, 0.2) is 0 Å². The summed E-state index contributed by atoms with van der Waals surface area (Å²) >= 11 is 0. The lowest BCUT2D eigenvalue weighted by Gasteiger charge is -2.12. The van der Waals surface area contributed by atoms with E-state index in [0.29, 0.717) is 13.2 Å². The third-order valence-corrected chi connectivity index (χ3v) is 1.83. The lowest BCUT2D eigenvalue weighted by molar-refractivity contribution is -0.0686. The molecule has 0 fully saturated rings. The van der Waals surface area contributed by atoms with E-state index in [-0.39, 0.29) is 12.7 Å². The van der Waals surface area contributed by atoms with E-state index in [9.17, 15) is 0 Å². The summed E-state index contributed by atoms with van der Waals surface area (Å²) in [7, 11) is 1.59. The van der Waals surface area contributed by atoms with Crippen LogP contribution in [-0.2, 0) is 9.47 Å². The van der Waals surface area contributed by atoms with Crippen molar-refractivity contribution in [3.63, 3.8) is 0 Å². The van der Waals surface area contributed by atoms with Crippen molar-refractivity contribution in [2.24, 2.45) is 0 Å². The molecule has 4 nitrogen and oxygen atoms in total. The highest BCUT2D eigenvalue weighted by Crippen LogP contribution is 2.06. The van der Waals surface area contributed by atoms with E-state index in [1.54, 1.807) is 7.11 Å². The van der Waals surface area contributed by atoms with Crippen molar-refractivity contribution in [1.82, 2.24) is 0 Å². The number of ether oxygens (including phenoxy) is 2. The van der Waals surface area contributed by atoms with Gasteiger partial charge in [-0.1, -0.05) is 0 Å². The first kappa shape index (κ1) is 12.8. The van der Waals surface area contributed by atoms with E-state index in [0.717, 1.165) is 12.8 Å². The van der Waals surface area contributed by atoms with Crippen molar-refractivity contribution in [3.05, 3.63) is 0 Å². The van der Waals surface area contributed by atoms with Crippen LogP contribution in [0.2, 0.25) is 0 Å². The molecule has 0 saturated heterocycles. The third-order valence-electron chi connectivity index (χ3n) is 1.83. The number of hydrogen-bond acceptors (Lipinski definition) is 4. The molecule has 0 aliphatic carbocycles. The fourth-order valence-electron chi connectivity index (χ4n) is 1.000. The summed E-state index contributed by atoms with van der Waals surface area (Å²) in [5.74, 6) is 0. The summed E-state index contributed by atoms with van der Waals surface area (Å²) in [4.78, 5) is 0. The van der Waals surface area contributed by atoms with Crippen LogP contribution in [0.15, 0.2) is 0 Å². The van der Waals surface area contributed by atoms with Crippen LogP contribution in [0.1, 0.15) is 26.2 Å². The van der Waals surface area contributed by atoms with Crippen LogP contribution in [0, 0.1) is 0 Å². The molecule has 0 aromatic carbocycles. The Morgan fingerprint density at radius 3 is 2.54 bits per heavy atom. The highest BCUT2D eigenvalue weighted by molar-refractivity contribution is 4.56. The zero-order valence-corrected chi connectivity index (χ0v) is 8.40. The number of aliphatic hydroxyl groups is 2. The maximum absolute atomic E-state index is 9.03. The molecule has 0 bridgehead atoms. The molecule has 0 aliphatic heterocycles. The molecular weight excluding hydrogens is 172 g/mol. The summed E-state index contributed by atoms with van der Waals surface area (Å²) in [5, 5.41) is 17.6. The first-order valence-electron chi connectivity index (χ1n) is 4.60. The molecule has 0 saturated carbocycles. The fraction of sp³-hybridized carbons (Fsp3) is 1.00. The zero-order chi connectivity index (χ0) is 10.1. The van der Waals surface area contributed by atoms with Crippen molar-refractivity contribution in [2.75, 3.05) is 20.5 Å². The molecule has 0 amide bonds. The third kappa shape index (κ3) is 8.18. The van der Waals surface area contributed by atoms with Crippen LogP contribution in [0.4, 0.5) is 0 Å². The Balaban J connectivity index is 3.21. The highest BCUT2D eigenvalue weighted by atomic mass is 16.7. The molecule has 0 aliphatic rings. The fourth-order valence-corrected chi connectivity index (χ4v) is 1.000. The van der Waals surface area contributed by atoms with E-state index in [2.05, 4.69) is 0 Å². The van der Waals surface area contributed by atoms with Gasteiger partial charge in [-0.2, -0.15) is 0 Å². The maximum Gasteiger partial charge on any atom is 0.146 e. The molecule has 0 spiro atoms. The molecule has 0 unspecified atom stereocenters. The van der Waals surface area contributed by atoms with Crippen molar-refractivity contribution in [2.45, 2.75) is 38.4 Å². The van der Waals surface area contributed by atoms with Crippen LogP contribution < -0.4 is 0 Å². The standard InChI is InChI=1S/C9H20O4/c1-8(13-7-12-2)4-3-5-9(11)6-10/h8-11H,3-7H2,1-2H3/t8-,9-/m0/s1. The smallest absolute Gasteiger partial charge is 0.146 e. The Kier molecular flexibility index (Phi) is 8.33. The second kappa shape index (κ2) is 8.44. The minimum atomic E-state index is -0.588. The van der Waals surface area contributed by atoms with Crippen molar-refractivity contribution in [3.8, 4) is 0 Å². The van der Waals surface area contributed by atoms with Crippen molar-refractivity contribution >= 4 is 0 Å². The molecule has 0 rings (SSSR count). The Morgan fingerprint density at radius 2 is 2.00 bits per heavy atom. The molecule has 0 radical (unpaired) electrons. The van der Waals surface area contributed by atoms with Gasteiger partial charge in [-0.15, -0.1) is 0 Å². The lowest BCUT2D eigenvalue weighted by atomic mass is 10.1. The predicted octanol–water partition coefficient (Wildman–Crippen LogP) is 0.519. The molecule has 80 valence electrons. The summed E-state index contributed by atoms with van der Waals surface area (Å²) < 4.78 is 9.99. The van der Waals surface area contributed by atoms with E-state index < -0.39 is 6.10 Å². The number of hydrogen-bond donors (Lipinski definition) is 2. The van der Waals surface area contributed by atoms with Crippen LogP contribution in [-0.4, -0.2) is 42.9 Å². The maximum atomic E-state index is 9.03. The van der Waals surface area contributed by atoms with Crippen LogP contribution >= 0.6 is 0 Å². The quantitative estimate of drug-likeness (QED) is 0.550. The molecule has 0 aromatic rings. The molecule has 13 heavy (non-hydrogen) atoms. The number of rotatable bonds is 8. The summed E-state index contributed by atoms with van der Waals surface area (Å²) in [6, 6.07) is 0. The van der Waals surface area contributed by atoms with Gasteiger partial charge in [0.1, 0.15) is 6.79 Å². The largest absolute Gasteiger partial charge is 0.394 e. The zero-order valence-electron chi connectivity index (χ0n) is 8.40. The molecule has 0 heterocycles. The van der Waals surface area contributed by atoms with E-state index in [1.165, 1.54) is 0 Å². The van der Waals surface area contributed by atoms with E-state index in [1.807, 2.05) is 6.92 Å². The minimum Gasteiger partial charge on any atom is -0.394 e. The van der Waals surface area contributed by atoms with Gasteiger partial charge in [-0.25, -0.2) is 0 Å². The molecule has 2 atom stereocenters. The Hall–Kier alpha value is -0.160. The predicted molar refractivity (Wildman–Crippen MR) is 49.4 cm³/mol. The second-order valence-corrected chi connectivity index (χ2v) is 3.15. The van der Waals surface area contributed by atoms with Gasteiger partial charge in [0.05, 0.1) is 18.8 Å². The summed E-state index contributed by atoms with van der Waals surface area (Å²) in [6.45, 7) is 2.11. The van der Waals surface area contributed by atoms with Gasteiger partial charge in [-0.3, -0.25) is 0 Å². The lowest BCUT2D eigenvalue weighted by Crippen LogP contribution is -2.14. The Bertz CT molecular complexity index is 108. The highest BCUT2D eigenvalue weighted by Gasteiger charge is 2.05. The van der Waals surface area contributed by atoms with Crippen LogP contribution in [0.25, 0.3) is 0 Å². The first-order chi connectivity index (χ1) is 6.20. The molecule has 0 aromatic heterocycles. The second-order valence-electron chi connectivity index (χ2n) is 3.15. The number of methoxy groups -OCH3 is 1. The molecular formula is C9H20O4. The normalized spacial score (nSPS) is 15.7. The van der Waals surface area contributed by atoms with Gasteiger partial charge in [0, 0.05) is 7.11 Å². The molecule has 2 N–H and O–H groups in total. The Labute approximate surface area is 79.5 Å². The van der Waals surface area contributed by atoms with E-state index in [4.69, 9.17) is 19.7 Å². The van der Waals surface area contributed by atoms with Gasteiger partial charge in [0.25, 0.3) is 0 Å². The average molecular weight is 192 g/mol. The first-order valence-corrected chi connectivity index (χ1v) is 4.60. The van der Waals surface area contributed by atoms with Gasteiger partial charge in [0.2, 0.25) is 0 Å². The summed E-state index contributed by atoms with van der Waals surface area (Å²) in [6.07, 6.45) is 1.91. The van der Waals surface area contributed by atoms with Gasteiger partial charge >= 0.3 is 0 Å². The number of aliphatic hydroxyl groups excluding tert-OH is 2. The average Bonchev–Trinajstić information content (AvgIpc) is 2.14. The minimum absolute atomic E-state index is 0.144. The van der Waals surface area contributed by atoms with E-state index >= 15 is 0 Å². The SMILES string of the molecule is COCO[C@@H](C)CCC[C@H](O)CO. The summed E-state index contributed by atoms with van der Waals surface area (Å²) in [5.41, 5.74) is 0.